The monoisotopic (exact) mass is 341 g/mol. The van der Waals surface area contributed by atoms with E-state index >= 15 is 0 Å². The number of hydrogen-bond acceptors (Lipinski definition) is 5. The molecule has 1 aliphatic heterocycles. The van der Waals surface area contributed by atoms with Crippen LogP contribution < -0.4 is 18.9 Å². The maximum atomic E-state index is 5.48. The highest BCUT2D eigenvalue weighted by Gasteiger charge is 2.24. The average molecular weight is 341 g/mol. The predicted octanol–water partition coefficient (Wildman–Crippen LogP) is 3.68. The third kappa shape index (κ3) is 3.14. The van der Waals surface area contributed by atoms with Gasteiger partial charge in [0.25, 0.3) is 0 Å². The summed E-state index contributed by atoms with van der Waals surface area (Å²) in [7, 11) is 6.58. The highest BCUT2D eigenvalue weighted by molar-refractivity contribution is 6.15. The average Bonchev–Trinajstić information content (AvgIpc) is 2.66. The Hall–Kier alpha value is -2.69. The predicted molar refractivity (Wildman–Crippen MR) is 98.0 cm³/mol. The lowest BCUT2D eigenvalue weighted by Gasteiger charge is -2.24. The first kappa shape index (κ1) is 17.1. The van der Waals surface area contributed by atoms with Crippen molar-refractivity contribution in [3.05, 3.63) is 47.0 Å². The van der Waals surface area contributed by atoms with Gasteiger partial charge in [-0.3, -0.25) is 4.99 Å². The van der Waals surface area contributed by atoms with Gasteiger partial charge in [0.05, 0.1) is 34.2 Å². The van der Waals surface area contributed by atoms with Gasteiger partial charge in [0.1, 0.15) is 11.5 Å². The minimum atomic E-state index is 0.311. The standard InChI is InChI=1S/C20H23NO4/c1-12-11-21-20(13-6-14(22-2)8-15(7-13)23-3)17-10-19(25-5)18(24-4)9-16(12)17/h6-10,12H,11H2,1-5H3. The SMILES string of the molecule is COc1cc(OC)cc(C2=NCC(C)c3cc(OC)c(OC)cc32)c1. The second kappa shape index (κ2) is 7.05. The van der Waals surface area contributed by atoms with E-state index in [0.29, 0.717) is 11.7 Å². The van der Waals surface area contributed by atoms with Crippen LogP contribution in [0.25, 0.3) is 0 Å². The van der Waals surface area contributed by atoms with Crippen LogP contribution in [0, 0.1) is 0 Å². The fourth-order valence-electron chi connectivity index (χ4n) is 3.11. The first-order chi connectivity index (χ1) is 12.1. The molecule has 1 unspecified atom stereocenters. The molecule has 0 spiro atoms. The molecular weight excluding hydrogens is 318 g/mol. The maximum absolute atomic E-state index is 5.48. The van der Waals surface area contributed by atoms with Crippen molar-refractivity contribution in [1.82, 2.24) is 0 Å². The molecule has 5 heteroatoms. The molecule has 1 heterocycles. The molecule has 0 amide bonds. The molecule has 3 rings (SSSR count). The molecule has 2 aromatic rings. The van der Waals surface area contributed by atoms with Crippen LogP contribution in [-0.2, 0) is 0 Å². The molecule has 0 bridgehead atoms. The number of nitrogens with zero attached hydrogens (tertiary/aromatic N) is 1. The molecule has 0 aromatic heterocycles. The second-order valence-corrected chi connectivity index (χ2v) is 5.99. The molecule has 0 radical (unpaired) electrons. The van der Waals surface area contributed by atoms with Crippen molar-refractivity contribution in [2.45, 2.75) is 12.8 Å². The van der Waals surface area contributed by atoms with Crippen molar-refractivity contribution in [1.29, 1.82) is 0 Å². The third-order valence-corrected chi connectivity index (χ3v) is 4.49. The Bertz CT molecular complexity index is 791. The van der Waals surface area contributed by atoms with Gasteiger partial charge in [0, 0.05) is 29.7 Å². The van der Waals surface area contributed by atoms with Crippen LogP contribution in [0.5, 0.6) is 23.0 Å². The summed E-state index contributed by atoms with van der Waals surface area (Å²) in [6.45, 7) is 2.88. The number of fused-ring (bicyclic) bond motifs is 1. The minimum Gasteiger partial charge on any atom is -0.497 e. The summed E-state index contributed by atoms with van der Waals surface area (Å²) in [5.41, 5.74) is 4.11. The van der Waals surface area contributed by atoms with Crippen LogP contribution in [0.4, 0.5) is 0 Å². The summed E-state index contributed by atoms with van der Waals surface area (Å²) >= 11 is 0. The van der Waals surface area contributed by atoms with Gasteiger partial charge in [0.2, 0.25) is 0 Å². The molecule has 1 atom stereocenters. The molecule has 0 saturated heterocycles. The van der Waals surface area contributed by atoms with Crippen molar-refractivity contribution in [3.8, 4) is 23.0 Å². The van der Waals surface area contributed by atoms with Crippen LogP contribution in [-0.4, -0.2) is 40.7 Å². The fourth-order valence-corrected chi connectivity index (χ4v) is 3.11. The van der Waals surface area contributed by atoms with E-state index in [-0.39, 0.29) is 0 Å². The van der Waals surface area contributed by atoms with Gasteiger partial charge in [-0.25, -0.2) is 0 Å². The van der Waals surface area contributed by atoms with Gasteiger partial charge in [-0.05, 0) is 29.8 Å². The zero-order chi connectivity index (χ0) is 18.0. The molecule has 2 aromatic carbocycles. The van der Waals surface area contributed by atoms with Crippen molar-refractivity contribution in [2.24, 2.45) is 4.99 Å². The summed E-state index contributed by atoms with van der Waals surface area (Å²) in [6, 6.07) is 9.83. The minimum absolute atomic E-state index is 0.311. The molecule has 0 N–H and O–H groups in total. The second-order valence-electron chi connectivity index (χ2n) is 5.99. The van der Waals surface area contributed by atoms with Gasteiger partial charge >= 0.3 is 0 Å². The molecule has 0 saturated carbocycles. The molecule has 25 heavy (non-hydrogen) atoms. The topological polar surface area (TPSA) is 49.3 Å². The molecule has 0 aliphatic carbocycles. The number of methoxy groups -OCH3 is 4. The Morgan fingerprint density at radius 2 is 1.40 bits per heavy atom. The fraction of sp³-hybridized carbons (Fsp3) is 0.350. The van der Waals surface area contributed by atoms with E-state index in [4.69, 9.17) is 23.9 Å². The van der Waals surface area contributed by atoms with Crippen molar-refractivity contribution >= 4 is 5.71 Å². The lowest BCUT2D eigenvalue weighted by Crippen LogP contribution is -2.17. The number of benzene rings is 2. The van der Waals surface area contributed by atoms with Crippen molar-refractivity contribution in [2.75, 3.05) is 35.0 Å². The van der Waals surface area contributed by atoms with E-state index in [1.54, 1.807) is 28.4 Å². The van der Waals surface area contributed by atoms with Gasteiger partial charge in [0.15, 0.2) is 11.5 Å². The Balaban J connectivity index is 2.17. The third-order valence-electron chi connectivity index (χ3n) is 4.49. The van der Waals surface area contributed by atoms with Gasteiger partial charge in [-0.15, -0.1) is 0 Å². The number of ether oxygens (including phenoxy) is 4. The summed E-state index contributed by atoms with van der Waals surface area (Å²) in [4.78, 5) is 4.81. The number of rotatable bonds is 5. The Morgan fingerprint density at radius 1 is 0.800 bits per heavy atom. The van der Waals surface area contributed by atoms with Crippen LogP contribution in [0.3, 0.4) is 0 Å². The zero-order valence-electron chi connectivity index (χ0n) is 15.3. The quantitative estimate of drug-likeness (QED) is 0.832. The van der Waals surface area contributed by atoms with Crippen LogP contribution >= 0.6 is 0 Å². The van der Waals surface area contributed by atoms with Crippen molar-refractivity contribution in [3.63, 3.8) is 0 Å². The molecule has 0 fully saturated rings. The largest absolute Gasteiger partial charge is 0.497 e. The molecular formula is C20H23NO4. The highest BCUT2D eigenvalue weighted by atomic mass is 16.5. The molecule has 5 nitrogen and oxygen atoms in total. The molecule has 132 valence electrons. The Morgan fingerprint density at radius 3 is 1.96 bits per heavy atom. The van der Waals surface area contributed by atoms with Gasteiger partial charge in [-0.1, -0.05) is 6.92 Å². The van der Waals surface area contributed by atoms with E-state index in [1.807, 2.05) is 30.3 Å². The van der Waals surface area contributed by atoms with Crippen LogP contribution in [0.1, 0.15) is 29.5 Å². The summed E-state index contributed by atoms with van der Waals surface area (Å²) in [5.74, 6) is 3.21. The first-order valence-corrected chi connectivity index (χ1v) is 8.15. The smallest absolute Gasteiger partial charge is 0.161 e. The normalized spacial score (nSPS) is 15.9. The van der Waals surface area contributed by atoms with Crippen LogP contribution in [0.2, 0.25) is 0 Å². The summed E-state index contributed by atoms with van der Waals surface area (Å²) < 4.78 is 21.7. The Kier molecular flexibility index (Phi) is 4.83. The maximum Gasteiger partial charge on any atom is 0.161 e. The van der Waals surface area contributed by atoms with E-state index in [9.17, 15) is 0 Å². The Labute approximate surface area is 148 Å². The lowest BCUT2D eigenvalue weighted by molar-refractivity contribution is 0.354. The van der Waals surface area contributed by atoms with Crippen LogP contribution in [0.15, 0.2) is 35.3 Å². The summed E-state index contributed by atoms with van der Waals surface area (Å²) in [5, 5.41) is 0. The van der Waals surface area contributed by atoms with Gasteiger partial charge < -0.3 is 18.9 Å². The molecule has 1 aliphatic rings. The summed E-state index contributed by atoms with van der Waals surface area (Å²) in [6.07, 6.45) is 0. The number of aliphatic imine (C=N–C) groups is 1. The zero-order valence-corrected chi connectivity index (χ0v) is 15.3. The van der Waals surface area contributed by atoms with E-state index in [1.165, 1.54) is 5.56 Å². The van der Waals surface area contributed by atoms with Crippen molar-refractivity contribution < 1.29 is 18.9 Å². The van der Waals surface area contributed by atoms with E-state index in [2.05, 4.69) is 6.92 Å². The van der Waals surface area contributed by atoms with E-state index < -0.39 is 0 Å². The van der Waals surface area contributed by atoms with Gasteiger partial charge in [-0.2, -0.15) is 0 Å². The van der Waals surface area contributed by atoms with E-state index in [0.717, 1.165) is 40.6 Å². The lowest BCUT2D eigenvalue weighted by atomic mass is 9.87. The first-order valence-electron chi connectivity index (χ1n) is 8.15. The number of hydrogen-bond donors (Lipinski definition) is 0. The highest BCUT2D eigenvalue weighted by Crippen LogP contribution is 2.38.